The summed E-state index contributed by atoms with van der Waals surface area (Å²) in [6.07, 6.45) is -9.44. The minimum atomic E-state index is -5.00. The molecular formula is C15H14F6N. The molecule has 0 amide bonds. The van der Waals surface area contributed by atoms with Crippen molar-refractivity contribution in [2.24, 2.45) is 4.99 Å². The number of allylic oxidation sites excluding steroid dienone is 2. The highest BCUT2D eigenvalue weighted by Crippen LogP contribution is 2.27. The number of alkyl halides is 6. The third-order valence-corrected chi connectivity index (χ3v) is 2.65. The van der Waals surface area contributed by atoms with Crippen molar-refractivity contribution in [2.45, 2.75) is 38.5 Å². The molecule has 0 atom stereocenters. The fourth-order valence-corrected chi connectivity index (χ4v) is 1.50. The number of aliphatic imine (C=N–C) groups is 1. The molecule has 0 N–H and O–H groups in total. The van der Waals surface area contributed by atoms with Crippen molar-refractivity contribution in [2.75, 3.05) is 0 Å². The molecule has 0 aliphatic heterocycles. The zero-order chi connectivity index (χ0) is 17.2. The quantitative estimate of drug-likeness (QED) is 0.501. The van der Waals surface area contributed by atoms with Gasteiger partial charge in [0.1, 0.15) is 5.71 Å². The largest absolute Gasteiger partial charge is 0.433 e. The van der Waals surface area contributed by atoms with Gasteiger partial charge in [-0.2, -0.15) is 26.3 Å². The van der Waals surface area contributed by atoms with Gasteiger partial charge in [0.2, 0.25) is 0 Å². The molecule has 0 saturated heterocycles. The van der Waals surface area contributed by atoms with Crippen LogP contribution in [0, 0.1) is 6.08 Å². The summed E-state index contributed by atoms with van der Waals surface area (Å²) in [5.74, 6) is 0. The fourth-order valence-electron chi connectivity index (χ4n) is 1.50. The summed E-state index contributed by atoms with van der Waals surface area (Å²) in [6, 6.07) is 5.83. The second-order valence-electron chi connectivity index (χ2n) is 5.58. The monoisotopic (exact) mass is 322 g/mol. The van der Waals surface area contributed by atoms with Crippen molar-refractivity contribution in [1.29, 1.82) is 0 Å². The van der Waals surface area contributed by atoms with Crippen LogP contribution >= 0.6 is 0 Å². The predicted molar refractivity (Wildman–Crippen MR) is 72.2 cm³/mol. The molecule has 7 heteroatoms. The van der Waals surface area contributed by atoms with Crippen molar-refractivity contribution < 1.29 is 26.3 Å². The summed E-state index contributed by atoms with van der Waals surface area (Å²) >= 11 is 0. The van der Waals surface area contributed by atoms with E-state index in [-0.39, 0.29) is 17.2 Å². The van der Waals surface area contributed by atoms with Crippen LogP contribution in [-0.4, -0.2) is 18.1 Å². The Bertz CT molecular complexity index is 556. The summed E-state index contributed by atoms with van der Waals surface area (Å²) in [6.45, 7) is 5.77. The average Bonchev–Trinajstić information content (AvgIpc) is 2.31. The van der Waals surface area contributed by atoms with Gasteiger partial charge in [0.05, 0.1) is 11.8 Å². The Labute approximate surface area is 124 Å². The molecule has 121 valence electrons. The topological polar surface area (TPSA) is 12.4 Å². The van der Waals surface area contributed by atoms with Gasteiger partial charge in [-0.25, -0.2) is 4.99 Å². The third-order valence-electron chi connectivity index (χ3n) is 2.65. The van der Waals surface area contributed by atoms with Gasteiger partial charge >= 0.3 is 12.4 Å². The maximum Gasteiger partial charge on any atom is 0.433 e. The normalized spacial score (nSPS) is 14.7. The highest BCUT2D eigenvalue weighted by Gasteiger charge is 2.35. The van der Waals surface area contributed by atoms with E-state index in [0.717, 1.165) is 5.56 Å². The molecule has 1 aromatic rings. The second-order valence-corrected chi connectivity index (χ2v) is 5.58. The maximum atomic E-state index is 12.7. The van der Waals surface area contributed by atoms with E-state index in [1.54, 1.807) is 12.1 Å². The molecule has 0 aliphatic rings. The Hall–Kier alpha value is -1.79. The van der Waals surface area contributed by atoms with Crippen LogP contribution in [0.25, 0.3) is 0 Å². The number of halogens is 6. The highest BCUT2D eigenvalue weighted by molar-refractivity contribution is 6.00. The SMILES string of the molecule is CC(C)(C)c1ccc(N=C(C=[C]C(F)(F)F)C(F)(F)F)cc1. The van der Waals surface area contributed by atoms with E-state index >= 15 is 0 Å². The molecule has 0 unspecified atom stereocenters. The first kappa shape index (κ1) is 18.3. The predicted octanol–water partition coefficient (Wildman–Crippen LogP) is 5.54. The Balaban J connectivity index is 3.15. The van der Waals surface area contributed by atoms with Crippen LogP contribution in [-0.2, 0) is 5.41 Å². The first-order valence-electron chi connectivity index (χ1n) is 6.23. The van der Waals surface area contributed by atoms with Gasteiger partial charge in [0.25, 0.3) is 0 Å². The van der Waals surface area contributed by atoms with E-state index < -0.39 is 18.1 Å². The minimum absolute atomic E-state index is 0.0828. The summed E-state index contributed by atoms with van der Waals surface area (Å²) in [5, 5.41) is 0. The Kier molecular flexibility index (Phi) is 5.10. The van der Waals surface area contributed by atoms with Gasteiger partial charge in [-0.15, -0.1) is 0 Å². The van der Waals surface area contributed by atoms with E-state index in [2.05, 4.69) is 4.99 Å². The minimum Gasteiger partial charge on any atom is -0.244 e. The van der Waals surface area contributed by atoms with Crippen molar-refractivity contribution in [3.05, 3.63) is 42.0 Å². The molecule has 1 nitrogen and oxygen atoms in total. The van der Waals surface area contributed by atoms with Crippen LogP contribution < -0.4 is 0 Å². The smallest absolute Gasteiger partial charge is 0.244 e. The van der Waals surface area contributed by atoms with Gasteiger partial charge in [-0.05, 0) is 29.2 Å². The van der Waals surface area contributed by atoms with Crippen LogP contribution in [0.5, 0.6) is 0 Å². The second kappa shape index (κ2) is 6.14. The summed E-state index contributed by atoms with van der Waals surface area (Å²) in [4.78, 5) is 3.23. The molecule has 0 fully saturated rings. The Morgan fingerprint density at radius 2 is 1.45 bits per heavy atom. The molecule has 0 bridgehead atoms. The highest BCUT2D eigenvalue weighted by atomic mass is 19.4. The lowest BCUT2D eigenvalue weighted by molar-refractivity contribution is -0.0877. The molecule has 22 heavy (non-hydrogen) atoms. The first-order valence-corrected chi connectivity index (χ1v) is 6.23. The number of hydrogen-bond donors (Lipinski definition) is 0. The van der Waals surface area contributed by atoms with Crippen LogP contribution in [0.2, 0.25) is 0 Å². The summed E-state index contributed by atoms with van der Waals surface area (Å²) < 4.78 is 73.9. The zero-order valence-electron chi connectivity index (χ0n) is 12.1. The summed E-state index contributed by atoms with van der Waals surface area (Å²) in [5.41, 5.74) is -1.06. The number of benzene rings is 1. The molecule has 0 aromatic heterocycles. The number of rotatable bonds is 2. The van der Waals surface area contributed by atoms with Crippen molar-refractivity contribution >= 4 is 11.4 Å². The van der Waals surface area contributed by atoms with E-state index in [0.29, 0.717) is 6.08 Å². The van der Waals surface area contributed by atoms with E-state index in [4.69, 9.17) is 0 Å². The van der Waals surface area contributed by atoms with Crippen molar-refractivity contribution in [3.8, 4) is 0 Å². The van der Waals surface area contributed by atoms with Gasteiger partial charge < -0.3 is 0 Å². The van der Waals surface area contributed by atoms with E-state index in [9.17, 15) is 26.3 Å². The molecule has 0 aliphatic carbocycles. The van der Waals surface area contributed by atoms with Gasteiger partial charge in [0, 0.05) is 0 Å². The van der Waals surface area contributed by atoms with Crippen molar-refractivity contribution in [3.63, 3.8) is 0 Å². The van der Waals surface area contributed by atoms with Crippen LogP contribution in [0.1, 0.15) is 26.3 Å². The maximum absolute atomic E-state index is 12.7. The Morgan fingerprint density at radius 3 is 1.82 bits per heavy atom. The molecular weight excluding hydrogens is 308 g/mol. The molecule has 0 saturated carbocycles. The lowest BCUT2D eigenvalue weighted by Gasteiger charge is -2.18. The Morgan fingerprint density at radius 1 is 0.955 bits per heavy atom. The average molecular weight is 322 g/mol. The van der Waals surface area contributed by atoms with E-state index in [1.807, 2.05) is 20.8 Å². The number of hydrogen-bond acceptors (Lipinski definition) is 1. The van der Waals surface area contributed by atoms with Gasteiger partial charge in [-0.1, -0.05) is 32.9 Å². The first-order chi connectivity index (χ1) is 9.79. The van der Waals surface area contributed by atoms with Gasteiger partial charge in [-0.3, -0.25) is 0 Å². The standard InChI is InChI=1S/C15H14F6N/c1-13(2,3)10-4-6-11(7-5-10)22-12(15(19,20)21)8-9-14(16,17)18/h4-8H,1-3H3. The molecule has 1 rings (SSSR count). The lowest BCUT2D eigenvalue weighted by Crippen LogP contribution is -2.21. The number of nitrogens with zero attached hydrogens (tertiary/aromatic N) is 1. The van der Waals surface area contributed by atoms with Crippen LogP contribution in [0.15, 0.2) is 35.3 Å². The summed E-state index contributed by atoms with van der Waals surface area (Å²) in [7, 11) is 0. The van der Waals surface area contributed by atoms with Crippen LogP contribution in [0.4, 0.5) is 32.0 Å². The fraction of sp³-hybridized carbons (Fsp3) is 0.400. The van der Waals surface area contributed by atoms with Crippen molar-refractivity contribution in [1.82, 2.24) is 0 Å². The third kappa shape index (κ3) is 5.91. The van der Waals surface area contributed by atoms with Crippen LogP contribution in [0.3, 0.4) is 0 Å². The molecule has 0 heterocycles. The van der Waals surface area contributed by atoms with E-state index in [1.165, 1.54) is 12.1 Å². The van der Waals surface area contributed by atoms with Gasteiger partial charge in [0.15, 0.2) is 0 Å². The molecule has 1 aromatic carbocycles. The molecule has 1 radical (unpaired) electrons. The zero-order valence-corrected chi connectivity index (χ0v) is 12.1. The molecule has 0 spiro atoms. The lowest BCUT2D eigenvalue weighted by atomic mass is 9.87.